The molecular formula is C55H39N3O. The molecule has 280 valence electrons. The van der Waals surface area contributed by atoms with Gasteiger partial charge in [-0.05, 0) is 137 Å². The molecule has 0 radical (unpaired) electrons. The summed E-state index contributed by atoms with van der Waals surface area (Å²) < 4.78 is 4.70. The standard InChI is InChI=1S/C55H39N3O/c59-37-38-24-28-52-48(32-38)49-35-41(26-30-53(49)57(52)45-19-9-3-10-20-45)42-27-31-55-51(36-42)50-34-40(25-29-54(50)58(55)46-21-11-4-12-22-46)39-14-13-23-47(33-39)56(43-15-5-1-6-16-43)44-17-7-2-8-18-44/h1-36,59H,37H2. The summed E-state index contributed by atoms with van der Waals surface area (Å²) in [5, 5.41) is 14.8. The van der Waals surface area contributed by atoms with E-state index in [4.69, 9.17) is 0 Å². The number of rotatable bonds is 8. The lowest BCUT2D eigenvalue weighted by Crippen LogP contribution is -2.09. The van der Waals surface area contributed by atoms with Gasteiger partial charge in [0.15, 0.2) is 0 Å². The first-order chi connectivity index (χ1) is 29.2. The van der Waals surface area contributed by atoms with Crippen molar-refractivity contribution in [3.63, 3.8) is 0 Å². The van der Waals surface area contributed by atoms with Crippen LogP contribution < -0.4 is 4.90 Å². The monoisotopic (exact) mass is 757 g/mol. The van der Waals surface area contributed by atoms with E-state index < -0.39 is 0 Å². The molecule has 9 aromatic carbocycles. The second kappa shape index (κ2) is 14.4. The first kappa shape index (κ1) is 34.6. The van der Waals surface area contributed by atoms with E-state index in [1.165, 1.54) is 10.8 Å². The van der Waals surface area contributed by atoms with Gasteiger partial charge >= 0.3 is 0 Å². The quantitative estimate of drug-likeness (QED) is 0.167. The molecule has 59 heavy (non-hydrogen) atoms. The van der Waals surface area contributed by atoms with E-state index in [9.17, 15) is 5.11 Å². The third kappa shape index (κ3) is 5.97. The molecule has 4 heteroatoms. The van der Waals surface area contributed by atoms with Gasteiger partial charge in [-0.1, -0.05) is 109 Å². The van der Waals surface area contributed by atoms with Gasteiger partial charge in [0.05, 0.1) is 28.7 Å². The van der Waals surface area contributed by atoms with Crippen molar-refractivity contribution in [3.05, 3.63) is 224 Å². The Labute approximate surface area is 342 Å². The summed E-state index contributed by atoms with van der Waals surface area (Å²) in [7, 11) is 0. The number of benzene rings is 9. The molecular weight excluding hydrogens is 719 g/mol. The highest BCUT2D eigenvalue weighted by Crippen LogP contribution is 2.41. The number of hydrogen-bond donors (Lipinski definition) is 1. The Hall–Kier alpha value is -7.66. The molecule has 0 spiro atoms. The van der Waals surface area contributed by atoms with Crippen molar-refractivity contribution in [2.45, 2.75) is 6.61 Å². The number of aliphatic hydroxyl groups is 1. The molecule has 0 fully saturated rings. The average Bonchev–Trinajstić information content (AvgIpc) is 3.81. The van der Waals surface area contributed by atoms with Crippen LogP contribution >= 0.6 is 0 Å². The van der Waals surface area contributed by atoms with Crippen LogP contribution in [0.3, 0.4) is 0 Å². The maximum absolute atomic E-state index is 10.1. The van der Waals surface area contributed by atoms with Crippen LogP contribution in [0.4, 0.5) is 17.1 Å². The minimum atomic E-state index is 0.000374. The summed E-state index contributed by atoms with van der Waals surface area (Å²) in [4.78, 5) is 2.31. The summed E-state index contributed by atoms with van der Waals surface area (Å²) >= 11 is 0. The second-order valence-electron chi connectivity index (χ2n) is 15.1. The van der Waals surface area contributed by atoms with E-state index in [2.05, 4.69) is 226 Å². The zero-order valence-corrected chi connectivity index (χ0v) is 32.3. The van der Waals surface area contributed by atoms with E-state index >= 15 is 0 Å². The number of fused-ring (bicyclic) bond motifs is 6. The number of nitrogens with zero attached hydrogens (tertiary/aromatic N) is 3. The van der Waals surface area contributed by atoms with Crippen molar-refractivity contribution in [3.8, 4) is 33.6 Å². The van der Waals surface area contributed by atoms with Crippen molar-refractivity contribution in [2.75, 3.05) is 4.90 Å². The minimum absolute atomic E-state index is 0.000374. The topological polar surface area (TPSA) is 33.3 Å². The average molecular weight is 758 g/mol. The van der Waals surface area contributed by atoms with Crippen molar-refractivity contribution in [1.82, 2.24) is 9.13 Å². The van der Waals surface area contributed by atoms with E-state index in [-0.39, 0.29) is 6.61 Å². The Bertz CT molecular complexity index is 3260. The zero-order chi connectivity index (χ0) is 39.3. The lowest BCUT2D eigenvalue weighted by molar-refractivity contribution is 0.282. The molecule has 4 nitrogen and oxygen atoms in total. The summed E-state index contributed by atoms with van der Waals surface area (Å²) in [6.45, 7) is 0.000374. The van der Waals surface area contributed by atoms with E-state index in [1.807, 2.05) is 6.07 Å². The zero-order valence-electron chi connectivity index (χ0n) is 32.3. The predicted octanol–water partition coefficient (Wildman–Crippen LogP) is 14.2. The highest BCUT2D eigenvalue weighted by molar-refractivity contribution is 6.13. The Kier molecular flexibility index (Phi) is 8.42. The fraction of sp³-hybridized carbons (Fsp3) is 0.0182. The molecule has 1 N–H and O–H groups in total. The van der Waals surface area contributed by atoms with Crippen molar-refractivity contribution < 1.29 is 5.11 Å². The van der Waals surface area contributed by atoms with Gasteiger partial charge in [0, 0.05) is 50.0 Å². The molecule has 0 amide bonds. The Balaban J connectivity index is 1.08. The van der Waals surface area contributed by atoms with Gasteiger partial charge in [-0.3, -0.25) is 0 Å². The van der Waals surface area contributed by atoms with Gasteiger partial charge < -0.3 is 19.1 Å². The Morgan fingerprint density at radius 1 is 0.322 bits per heavy atom. The van der Waals surface area contributed by atoms with Crippen LogP contribution in [0.25, 0.3) is 77.2 Å². The van der Waals surface area contributed by atoms with Crippen LogP contribution in [0, 0.1) is 0 Å². The fourth-order valence-corrected chi connectivity index (χ4v) is 8.87. The maximum Gasteiger partial charge on any atom is 0.0682 e. The molecule has 0 atom stereocenters. The number of para-hydroxylation sites is 4. The van der Waals surface area contributed by atoms with Gasteiger partial charge in [0.1, 0.15) is 0 Å². The largest absolute Gasteiger partial charge is 0.392 e. The second-order valence-corrected chi connectivity index (χ2v) is 15.1. The molecule has 0 unspecified atom stereocenters. The smallest absolute Gasteiger partial charge is 0.0682 e. The van der Waals surface area contributed by atoms with Crippen LogP contribution in [0.2, 0.25) is 0 Å². The first-order valence-corrected chi connectivity index (χ1v) is 20.1. The molecule has 0 saturated carbocycles. The van der Waals surface area contributed by atoms with E-state index in [0.29, 0.717) is 0 Å². The first-order valence-electron chi connectivity index (χ1n) is 20.1. The lowest BCUT2D eigenvalue weighted by Gasteiger charge is -2.26. The van der Waals surface area contributed by atoms with E-state index in [1.54, 1.807) is 0 Å². The molecule has 0 saturated heterocycles. The highest BCUT2D eigenvalue weighted by Gasteiger charge is 2.18. The third-order valence-corrected chi connectivity index (χ3v) is 11.6. The van der Waals surface area contributed by atoms with Crippen molar-refractivity contribution in [2.24, 2.45) is 0 Å². The highest BCUT2D eigenvalue weighted by atomic mass is 16.3. The molecule has 2 heterocycles. The molecule has 11 rings (SSSR count). The molecule has 0 bridgehead atoms. The fourth-order valence-electron chi connectivity index (χ4n) is 8.87. The molecule has 11 aromatic rings. The van der Waals surface area contributed by atoms with Crippen LogP contribution in [0.1, 0.15) is 5.56 Å². The maximum atomic E-state index is 10.1. The van der Waals surface area contributed by atoms with Gasteiger partial charge in [-0.2, -0.15) is 0 Å². The third-order valence-electron chi connectivity index (χ3n) is 11.6. The number of anilines is 3. The van der Waals surface area contributed by atoms with Crippen LogP contribution in [-0.2, 0) is 6.61 Å². The van der Waals surface area contributed by atoms with Crippen molar-refractivity contribution in [1.29, 1.82) is 0 Å². The van der Waals surface area contributed by atoms with Crippen LogP contribution in [0.5, 0.6) is 0 Å². The number of aromatic nitrogens is 2. The van der Waals surface area contributed by atoms with Crippen molar-refractivity contribution >= 4 is 60.7 Å². The van der Waals surface area contributed by atoms with Gasteiger partial charge in [0.2, 0.25) is 0 Å². The number of aliphatic hydroxyl groups excluding tert-OH is 1. The van der Waals surface area contributed by atoms with Gasteiger partial charge in [-0.15, -0.1) is 0 Å². The summed E-state index contributed by atoms with van der Waals surface area (Å²) in [6.07, 6.45) is 0. The molecule has 0 aliphatic carbocycles. The molecule has 2 aromatic heterocycles. The lowest BCUT2D eigenvalue weighted by atomic mass is 9.98. The predicted molar refractivity (Wildman–Crippen MR) is 247 cm³/mol. The SMILES string of the molecule is OCc1ccc2c(c1)c1cc(-c3ccc4c(c3)c3cc(-c5cccc(N(c6ccccc6)c6ccccc6)c5)ccc3n4-c3ccccc3)ccc1n2-c1ccccc1. The Morgan fingerprint density at radius 2 is 0.695 bits per heavy atom. The molecule has 0 aliphatic heterocycles. The van der Waals surface area contributed by atoms with Crippen LogP contribution in [-0.4, -0.2) is 14.2 Å². The molecule has 0 aliphatic rings. The number of hydrogen-bond acceptors (Lipinski definition) is 2. The van der Waals surface area contributed by atoms with Gasteiger partial charge in [0.25, 0.3) is 0 Å². The normalized spacial score (nSPS) is 11.5. The summed E-state index contributed by atoms with van der Waals surface area (Å²) in [5.41, 5.74) is 15.7. The summed E-state index contributed by atoms with van der Waals surface area (Å²) in [5.74, 6) is 0. The van der Waals surface area contributed by atoms with Crippen LogP contribution in [0.15, 0.2) is 218 Å². The van der Waals surface area contributed by atoms with E-state index in [0.717, 1.165) is 89.1 Å². The minimum Gasteiger partial charge on any atom is -0.392 e. The van der Waals surface area contributed by atoms with Gasteiger partial charge in [-0.25, -0.2) is 0 Å². The summed E-state index contributed by atoms with van der Waals surface area (Å²) in [6, 6.07) is 78.0. The Morgan fingerprint density at radius 3 is 1.14 bits per heavy atom.